The van der Waals surface area contributed by atoms with E-state index in [4.69, 9.17) is 20.9 Å². The Morgan fingerprint density at radius 2 is 1.96 bits per heavy atom. The first-order valence-electron chi connectivity index (χ1n) is 7.42. The van der Waals surface area contributed by atoms with E-state index in [1.165, 1.54) is 11.8 Å². The molecule has 0 amide bonds. The summed E-state index contributed by atoms with van der Waals surface area (Å²) in [5.41, 5.74) is 0.950. The molecule has 7 heteroatoms. The molecule has 4 nitrogen and oxygen atoms in total. The van der Waals surface area contributed by atoms with Crippen LogP contribution in [0.2, 0.25) is 5.15 Å². The number of hydrogen-bond acceptors (Lipinski definition) is 5. The molecule has 1 aromatic heterocycles. The maximum atomic E-state index is 11.3. The van der Waals surface area contributed by atoms with Crippen molar-refractivity contribution in [1.29, 1.82) is 0 Å². The van der Waals surface area contributed by atoms with Gasteiger partial charge in [-0.3, -0.25) is 4.79 Å². The van der Waals surface area contributed by atoms with Crippen LogP contribution in [0.4, 0.5) is 0 Å². The summed E-state index contributed by atoms with van der Waals surface area (Å²) in [6, 6.07) is 3.63. The molecule has 0 aromatic carbocycles. The zero-order valence-electron chi connectivity index (χ0n) is 14.1. The fourth-order valence-corrected chi connectivity index (χ4v) is 2.85. The Balaban J connectivity index is 2.30. The maximum Gasteiger partial charge on any atom is 0.491 e. The number of pyridine rings is 1. The minimum absolute atomic E-state index is 0.0557. The van der Waals surface area contributed by atoms with Crippen LogP contribution in [0.3, 0.4) is 0 Å². The van der Waals surface area contributed by atoms with Gasteiger partial charge in [0.25, 0.3) is 0 Å². The quantitative estimate of drug-likeness (QED) is 0.604. The smallest absolute Gasteiger partial charge is 0.400 e. The summed E-state index contributed by atoms with van der Waals surface area (Å²) in [5, 5.41) is 0.478. The molecule has 124 valence electrons. The van der Waals surface area contributed by atoms with Gasteiger partial charge in [-0.05, 0) is 50.9 Å². The van der Waals surface area contributed by atoms with Crippen molar-refractivity contribution in [3.63, 3.8) is 0 Å². The second-order valence-corrected chi connectivity index (χ2v) is 8.04. The van der Waals surface area contributed by atoms with Gasteiger partial charge in [0.2, 0.25) is 0 Å². The van der Waals surface area contributed by atoms with Crippen LogP contribution in [0, 0.1) is 0 Å². The van der Waals surface area contributed by atoms with Crippen molar-refractivity contribution in [3.8, 4) is 0 Å². The van der Waals surface area contributed by atoms with Gasteiger partial charge >= 0.3 is 7.12 Å². The number of carbonyl (C=O) groups is 1. The van der Waals surface area contributed by atoms with Gasteiger partial charge in [0, 0.05) is 18.9 Å². The predicted octanol–water partition coefficient (Wildman–Crippen LogP) is 4.03. The molecule has 0 saturated carbocycles. The molecule has 0 aliphatic carbocycles. The molecular weight excluding hydrogens is 333 g/mol. The molecule has 0 spiro atoms. The average molecular weight is 354 g/mol. The lowest BCUT2D eigenvalue weighted by Gasteiger charge is -2.32. The van der Waals surface area contributed by atoms with Gasteiger partial charge in [0.05, 0.1) is 11.2 Å². The van der Waals surface area contributed by atoms with E-state index in [0.29, 0.717) is 10.9 Å². The fourth-order valence-electron chi connectivity index (χ4n) is 2.08. The summed E-state index contributed by atoms with van der Waals surface area (Å²) in [5.74, 6) is 0.506. The van der Waals surface area contributed by atoms with E-state index in [-0.39, 0.29) is 5.12 Å². The molecule has 0 unspecified atom stereocenters. The van der Waals surface area contributed by atoms with E-state index in [0.717, 1.165) is 11.0 Å². The van der Waals surface area contributed by atoms with Gasteiger partial charge in [-0.1, -0.05) is 29.4 Å². The Labute approximate surface area is 147 Å². The molecule has 1 aliphatic rings. The van der Waals surface area contributed by atoms with Gasteiger partial charge in [0.1, 0.15) is 5.15 Å². The van der Waals surface area contributed by atoms with Gasteiger partial charge in [-0.25, -0.2) is 4.98 Å². The van der Waals surface area contributed by atoms with Crippen LogP contribution >= 0.6 is 23.4 Å². The normalized spacial score (nSPS) is 19.9. The molecule has 0 N–H and O–H groups in total. The summed E-state index contributed by atoms with van der Waals surface area (Å²) in [4.78, 5) is 15.3. The highest BCUT2D eigenvalue weighted by molar-refractivity contribution is 8.13. The first-order valence-corrected chi connectivity index (χ1v) is 8.78. The van der Waals surface area contributed by atoms with Crippen molar-refractivity contribution in [2.75, 3.05) is 5.75 Å². The number of nitrogens with zero attached hydrogens (tertiary/aromatic N) is 1. The summed E-state index contributed by atoms with van der Waals surface area (Å²) in [6.45, 7) is 9.58. The van der Waals surface area contributed by atoms with Crippen molar-refractivity contribution < 1.29 is 14.1 Å². The van der Waals surface area contributed by atoms with E-state index in [1.54, 1.807) is 19.2 Å². The number of thioether (sulfide) groups is 1. The SMILES string of the molecule is CC(=O)SCC(=Cc1ccnc(Cl)c1)B1OC(C)(C)C(C)(C)O1. The zero-order chi connectivity index (χ0) is 17.3. The van der Waals surface area contributed by atoms with E-state index < -0.39 is 18.3 Å². The molecular formula is C16H21BClNO3S. The zero-order valence-corrected chi connectivity index (χ0v) is 15.6. The highest BCUT2D eigenvalue weighted by atomic mass is 35.5. The standard InChI is InChI=1S/C16H21BClNO3S/c1-11(20)23-10-13(8-12-6-7-19-14(18)9-12)17-21-15(2,3)16(4,5)22-17/h6-9H,10H2,1-5H3. The van der Waals surface area contributed by atoms with Gasteiger partial charge in [-0.2, -0.15) is 0 Å². The third-order valence-electron chi connectivity index (χ3n) is 4.10. The van der Waals surface area contributed by atoms with Crippen LogP contribution in [0.5, 0.6) is 0 Å². The lowest BCUT2D eigenvalue weighted by atomic mass is 9.78. The maximum absolute atomic E-state index is 11.3. The number of hydrogen-bond donors (Lipinski definition) is 0. The Bertz CT molecular complexity index is 618. The first kappa shape index (κ1) is 18.5. The monoisotopic (exact) mass is 353 g/mol. The summed E-state index contributed by atoms with van der Waals surface area (Å²) < 4.78 is 12.2. The van der Waals surface area contributed by atoms with Crippen LogP contribution in [0.1, 0.15) is 40.2 Å². The lowest BCUT2D eigenvalue weighted by molar-refractivity contribution is -0.109. The van der Waals surface area contributed by atoms with Crippen molar-refractivity contribution in [1.82, 2.24) is 4.98 Å². The molecule has 1 aliphatic heterocycles. The molecule has 1 aromatic rings. The van der Waals surface area contributed by atoms with Crippen molar-refractivity contribution in [2.45, 2.75) is 45.8 Å². The Kier molecular flexibility index (Phi) is 5.61. The van der Waals surface area contributed by atoms with E-state index in [2.05, 4.69) is 4.98 Å². The number of carbonyl (C=O) groups excluding carboxylic acids is 1. The molecule has 2 rings (SSSR count). The third-order valence-corrected chi connectivity index (χ3v) is 5.19. The Morgan fingerprint density at radius 3 is 2.48 bits per heavy atom. The Morgan fingerprint density at radius 1 is 1.35 bits per heavy atom. The minimum Gasteiger partial charge on any atom is -0.400 e. The molecule has 0 radical (unpaired) electrons. The third kappa shape index (κ3) is 4.60. The van der Waals surface area contributed by atoms with Crippen LogP contribution in [-0.2, 0) is 14.1 Å². The van der Waals surface area contributed by atoms with Gasteiger partial charge < -0.3 is 9.31 Å². The summed E-state index contributed by atoms with van der Waals surface area (Å²) in [7, 11) is -0.487. The van der Waals surface area contributed by atoms with Crippen LogP contribution < -0.4 is 0 Å². The first-order chi connectivity index (χ1) is 10.6. The van der Waals surface area contributed by atoms with Crippen molar-refractivity contribution >= 4 is 41.7 Å². The molecule has 0 atom stereocenters. The highest BCUT2D eigenvalue weighted by Gasteiger charge is 2.52. The van der Waals surface area contributed by atoms with Crippen molar-refractivity contribution in [2.24, 2.45) is 0 Å². The number of aromatic nitrogens is 1. The largest absolute Gasteiger partial charge is 0.491 e. The molecule has 23 heavy (non-hydrogen) atoms. The van der Waals surface area contributed by atoms with Crippen LogP contribution in [-0.4, -0.2) is 34.2 Å². The topological polar surface area (TPSA) is 48.4 Å². The molecule has 2 heterocycles. The lowest BCUT2D eigenvalue weighted by Crippen LogP contribution is -2.41. The number of halogens is 1. The van der Waals surface area contributed by atoms with Gasteiger partial charge in [-0.15, -0.1) is 0 Å². The Hall–Kier alpha value is -0.815. The second-order valence-electron chi connectivity index (χ2n) is 6.50. The van der Waals surface area contributed by atoms with E-state index in [1.807, 2.05) is 39.8 Å². The van der Waals surface area contributed by atoms with Gasteiger partial charge in [0.15, 0.2) is 5.12 Å². The van der Waals surface area contributed by atoms with E-state index >= 15 is 0 Å². The summed E-state index contributed by atoms with van der Waals surface area (Å²) >= 11 is 7.18. The molecule has 1 fully saturated rings. The molecule has 0 bridgehead atoms. The van der Waals surface area contributed by atoms with E-state index in [9.17, 15) is 4.79 Å². The fraction of sp³-hybridized carbons (Fsp3) is 0.500. The van der Waals surface area contributed by atoms with Crippen molar-refractivity contribution in [3.05, 3.63) is 34.5 Å². The average Bonchev–Trinajstić information content (AvgIpc) is 2.63. The highest BCUT2D eigenvalue weighted by Crippen LogP contribution is 2.39. The predicted molar refractivity (Wildman–Crippen MR) is 96.4 cm³/mol. The van der Waals surface area contributed by atoms with Crippen LogP contribution in [0.15, 0.2) is 23.8 Å². The van der Waals surface area contributed by atoms with Crippen LogP contribution in [0.25, 0.3) is 6.08 Å². The molecule has 1 saturated heterocycles. The number of rotatable bonds is 4. The second kappa shape index (κ2) is 6.97. The minimum atomic E-state index is -0.487. The summed E-state index contributed by atoms with van der Waals surface area (Å²) in [6.07, 6.45) is 3.60.